The van der Waals surface area contributed by atoms with Crippen LogP contribution in [0.3, 0.4) is 0 Å². The van der Waals surface area contributed by atoms with Crippen molar-refractivity contribution in [2.75, 3.05) is 0 Å². The molecule has 0 saturated carbocycles. The van der Waals surface area contributed by atoms with Crippen molar-refractivity contribution in [2.24, 2.45) is 5.41 Å². The second kappa shape index (κ2) is 6.25. The minimum atomic E-state index is -0.523. The van der Waals surface area contributed by atoms with Gasteiger partial charge in [-0.15, -0.1) is 0 Å². The lowest BCUT2D eigenvalue weighted by molar-refractivity contribution is 0.0824. The number of allylic oxidation sites excluding steroid dienone is 1. The summed E-state index contributed by atoms with van der Waals surface area (Å²) < 4.78 is 0. The number of hydrogen-bond acceptors (Lipinski definition) is 2. The highest BCUT2D eigenvalue weighted by Crippen LogP contribution is 2.39. The molecule has 0 aromatic carbocycles. The Bertz CT molecular complexity index is 304. The summed E-state index contributed by atoms with van der Waals surface area (Å²) in [6, 6.07) is 0. The van der Waals surface area contributed by atoms with E-state index < -0.39 is 6.10 Å². The van der Waals surface area contributed by atoms with Crippen LogP contribution in [0.15, 0.2) is 23.5 Å². The van der Waals surface area contributed by atoms with Crippen molar-refractivity contribution in [3.8, 4) is 0 Å². The van der Waals surface area contributed by atoms with Gasteiger partial charge in [0.25, 0.3) is 0 Å². The second-order valence-electron chi connectivity index (χ2n) is 5.36. The number of hydrogen-bond donors (Lipinski definition) is 2. The maximum Gasteiger partial charge on any atom is 0.117 e. The molecule has 0 aromatic heterocycles. The van der Waals surface area contributed by atoms with Crippen LogP contribution in [0.4, 0.5) is 0 Å². The van der Waals surface area contributed by atoms with E-state index in [2.05, 4.69) is 20.8 Å². The van der Waals surface area contributed by atoms with E-state index in [0.717, 1.165) is 44.1 Å². The molecule has 98 valence electrons. The fourth-order valence-corrected chi connectivity index (χ4v) is 2.42. The topological polar surface area (TPSA) is 40.5 Å². The van der Waals surface area contributed by atoms with Crippen LogP contribution in [0.5, 0.6) is 0 Å². The van der Waals surface area contributed by atoms with E-state index >= 15 is 0 Å². The van der Waals surface area contributed by atoms with Crippen LogP contribution in [-0.4, -0.2) is 16.3 Å². The molecule has 0 amide bonds. The smallest absolute Gasteiger partial charge is 0.117 e. The van der Waals surface area contributed by atoms with Crippen molar-refractivity contribution in [1.29, 1.82) is 0 Å². The SMILES string of the molecule is CCCCC1=C(O)C=CC(C)(CCCC)C1O. The zero-order valence-corrected chi connectivity index (χ0v) is 11.4. The molecule has 17 heavy (non-hydrogen) atoms. The third-order valence-electron chi connectivity index (χ3n) is 3.77. The highest BCUT2D eigenvalue weighted by atomic mass is 16.3. The Labute approximate surface area is 105 Å². The quantitative estimate of drug-likeness (QED) is 0.731. The summed E-state index contributed by atoms with van der Waals surface area (Å²) in [4.78, 5) is 0. The molecule has 0 radical (unpaired) electrons. The molecule has 0 bridgehead atoms. The van der Waals surface area contributed by atoms with Crippen LogP contribution in [-0.2, 0) is 0 Å². The van der Waals surface area contributed by atoms with Crippen LogP contribution in [0.2, 0.25) is 0 Å². The molecule has 1 rings (SSSR count). The van der Waals surface area contributed by atoms with Gasteiger partial charge in [-0.25, -0.2) is 0 Å². The van der Waals surface area contributed by atoms with Crippen LogP contribution in [0.25, 0.3) is 0 Å². The Balaban J connectivity index is 2.79. The van der Waals surface area contributed by atoms with Gasteiger partial charge >= 0.3 is 0 Å². The van der Waals surface area contributed by atoms with Gasteiger partial charge in [-0.1, -0.05) is 46.1 Å². The molecule has 0 fully saturated rings. The number of unbranched alkanes of at least 4 members (excludes halogenated alkanes) is 2. The lowest BCUT2D eigenvalue weighted by Gasteiger charge is -2.36. The van der Waals surface area contributed by atoms with Gasteiger partial charge in [0, 0.05) is 11.0 Å². The highest BCUT2D eigenvalue weighted by molar-refractivity contribution is 5.32. The Kier molecular flexibility index (Phi) is 5.26. The van der Waals surface area contributed by atoms with Crippen LogP contribution in [0.1, 0.15) is 59.3 Å². The molecule has 1 aliphatic rings. The normalized spacial score (nSPS) is 28.8. The molecule has 2 N–H and O–H groups in total. The third-order valence-corrected chi connectivity index (χ3v) is 3.77. The molecule has 2 unspecified atom stereocenters. The molecule has 2 nitrogen and oxygen atoms in total. The molecule has 2 heteroatoms. The fourth-order valence-electron chi connectivity index (χ4n) is 2.42. The summed E-state index contributed by atoms with van der Waals surface area (Å²) in [5.41, 5.74) is 0.624. The first-order valence-corrected chi connectivity index (χ1v) is 6.84. The summed E-state index contributed by atoms with van der Waals surface area (Å²) in [6.07, 6.45) is 9.35. The predicted molar refractivity (Wildman–Crippen MR) is 72.0 cm³/mol. The molecule has 0 aliphatic heterocycles. The van der Waals surface area contributed by atoms with Crippen molar-refractivity contribution >= 4 is 0 Å². The summed E-state index contributed by atoms with van der Waals surface area (Å²) in [5, 5.41) is 20.3. The summed E-state index contributed by atoms with van der Waals surface area (Å²) in [7, 11) is 0. The summed E-state index contributed by atoms with van der Waals surface area (Å²) in [5.74, 6) is 0.278. The molecular formula is C15H26O2. The molecule has 1 aliphatic carbocycles. The van der Waals surface area contributed by atoms with Gasteiger partial charge in [0.15, 0.2) is 0 Å². The molecule has 0 saturated heterocycles. The van der Waals surface area contributed by atoms with Crippen LogP contribution >= 0.6 is 0 Å². The lowest BCUT2D eigenvalue weighted by atomic mass is 9.72. The third kappa shape index (κ3) is 3.35. The van der Waals surface area contributed by atoms with Crippen molar-refractivity contribution in [2.45, 2.75) is 65.4 Å². The largest absolute Gasteiger partial charge is 0.508 e. The van der Waals surface area contributed by atoms with Crippen molar-refractivity contribution < 1.29 is 10.2 Å². The molecule has 0 spiro atoms. The predicted octanol–water partition coefficient (Wildman–Crippen LogP) is 4.12. The summed E-state index contributed by atoms with van der Waals surface area (Å²) >= 11 is 0. The van der Waals surface area contributed by atoms with Gasteiger partial charge in [0.1, 0.15) is 5.76 Å². The van der Waals surface area contributed by atoms with E-state index in [0.29, 0.717) is 0 Å². The Morgan fingerprint density at radius 2 is 1.88 bits per heavy atom. The Morgan fingerprint density at radius 3 is 2.47 bits per heavy atom. The first-order chi connectivity index (χ1) is 8.05. The van der Waals surface area contributed by atoms with Gasteiger partial charge in [0.05, 0.1) is 6.10 Å². The number of rotatable bonds is 6. The maximum absolute atomic E-state index is 10.4. The maximum atomic E-state index is 10.4. The van der Waals surface area contributed by atoms with Crippen LogP contribution in [0, 0.1) is 5.41 Å². The van der Waals surface area contributed by atoms with E-state index in [9.17, 15) is 10.2 Å². The summed E-state index contributed by atoms with van der Waals surface area (Å²) in [6.45, 7) is 6.37. The second-order valence-corrected chi connectivity index (χ2v) is 5.36. The average molecular weight is 238 g/mol. The number of aliphatic hydroxyl groups excluding tert-OH is 2. The minimum Gasteiger partial charge on any atom is -0.508 e. The van der Waals surface area contributed by atoms with E-state index in [1.807, 2.05) is 6.08 Å². The monoisotopic (exact) mass is 238 g/mol. The number of aliphatic hydroxyl groups is 2. The Morgan fingerprint density at radius 1 is 1.24 bits per heavy atom. The minimum absolute atomic E-state index is 0.203. The lowest BCUT2D eigenvalue weighted by Crippen LogP contribution is -2.35. The van der Waals surface area contributed by atoms with Gasteiger partial charge in [-0.2, -0.15) is 0 Å². The zero-order valence-electron chi connectivity index (χ0n) is 11.4. The Hall–Kier alpha value is -0.760. The first kappa shape index (κ1) is 14.3. The van der Waals surface area contributed by atoms with Gasteiger partial charge < -0.3 is 10.2 Å². The van der Waals surface area contributed by atoms with Crippen LogP contribution < -0.4 is 0 Å². The highest BCUT2D eigenvalue weighted by Gasteiger charge is 2.36. The van der Waals surface area contributed by atoms with Gasteiger partial charge in [-0.3, -0.25) is 0 Å². The van der Waals surface area contributed by atoms with Gasteiger partial charge in [-0.05, 0) is 25.3 Å². The molecular weight excluding hydrogens is 212 g/mol. The molecule has 2 atom stereocenters. The van der Waals surface area contributed by atoms with E-state index in [1.54, 1.807) is 6.08 Å². The van der Waals surface area contributed by atoms with E-state index in [4.69, 9.17) is 0 Å². The average Bonchev–Trinajstić information content (AvgIpc) is 2.32. The van der Waals surface area contributed by atoms with Crippen molar-refractivity contribution in [3.63, 3.8) is 0 Å². The molecule has 0 heterocycles. The van der Waals surface area contributed by atoms with Crippen molar-refractivity contribution in [3.05, 3.63) is 23.5 Å². The molecule has 0 aromatic rings. The standard InChI is InChI=1S/C15H26O2/c1-4-6-8-12-13(16)9-11-15(3,14(12)17)10-7-5-2/h9,11,14,16-17H,4-8,10H2,1-3H3. The van der Waals surface area contributed by atoms with E-state index in [-0.39, 0.29) is 11.2 Å². The zero-order chi connectivity index (χ0) is 12.9. The first-order valence-electron chi connectivity index (χ1n) is 6.84. The van der Waals surface area contributed by atoms with Crippen molar-refractivity contribution in [1.82, 2.24) is 0 Å². The van der Waals surface area contributed by atoms with Gasteiger partial charge in [0.2, 0.25) is 0 Å². The van der Waals surface area contributed by atoms with E-state index in [1.165, 1.54) is 0 Å². The fraction of sp³-hybridized carbons (Fsp3) is 0.733.